The lowest BCUT2D eigenvalue weighted by molar-refractivity contribution is -0.117. The minimum atomic E-state index is -0.383. The van der Waals surface area contributed by atoms with Gasteiger partial charge in [0.1, 0.15) is 5.69 Å². The van der Waals surface area contributed by atoms with E-state index in [0.29, 0.717) is 30.3 Å². The summed E-state index contributed by atoms with van der Waals surface area (Å²) in [5.74, 6) is -0.137. The van der Waals surface area contributed by atoms with Crippen molar-refractivity contribution in [3.05, 3.63) is 70.9 Å². The molecule has 0 spiro atoms. The molecular weight excluding hydrogens is 634 g/mol. The van der Waals surface area contributed by atoms with E-state index < -0.39 is 0 Å². The number of carbonyl (C=O) groups excluding carboxylic acids is 3. The van der Waals surface area contributed by atoms with Crippen LogP contribution in [0.15, 0.2) is 42.6 Å². The molecule has 3 fully saturated rings. The van der Waals surface area contributed by atoms with E-state index in [-0.39, 0.29) is 35.4 Å². The summed E-state index contributed by atoms with van der Waals surface area (Å²) >= 11 is 0. The third-order valence-electron chi connectivity index (χ3n) is 10.1. The van der Waals surface area contributed by atoms with Crippen LogP contribution in [0.4, 0.5) is 22.9 Å². The van der Waals surface area contributed by atoms with Gasteiger partial charge in [-0.1, -0.05) is 12.1 Å². The zero-order valence-electron chi connectivity index (χ0n) is 28.6. The SMILES string of the molecule is CNC(=O)c1nnc(NC(=O)C2CC2)cc1Nc1ccc(C)c2c1N(C)Cc1c-2cnn1C1CN(Cc2cccc(C(=O)N3CCCC3)n2)C1. The Balaban J connectivity index is 1.01. The van der Waals surface area contributed by atoms with E-state index in [0.717, 1.165) is 91.3 Å². The Morgan fingerprint density at radius 3 is 2.56 bits per heavy atom. The number of hydrogen-bond donors (Lipinski definition) is 3. The maximum atomic E-state index is 12.9. The topological polar surface area (TPSA) is 154 Å². The molecule has 0 radical (unpaired) electrons. The molecule has 4 aromatic rings. The standard InChI is InChI=1S/C36H41N11O3/c1-21-9-12-26(40-28-15-30(41-34(48)22-10-11-22)42-43-32(28)35(49)37-2)33-31(21)25-16-38-47(29(25)20-44(33)3)24-18-45(19-24)17-23-7-6-8-27(39-23)36(50)46-13-4-5-14-46/h6-9,12,15-16,22,24H,4-5,10-11,13-14,17-20H2,1-3H3,(H,37,49)(H2,40,41,42,48). The van der Waals surface area contributed by atoms with Crippen LogP contribution in [-0.4, -0.2) is 92.8 Å². The van der Waals surface area contributed by atoms with Gasteiger partial charge in [-0.2, -0.15) is 5.10 Å². The number of aromatic nitrogens is 5. The normalized spacial score (nSPS) is 17.2. The summed E-state index contributed by atoms with van der Waals surface area (Å²) in [6.07, 6.45) is 5.82. The highest BCUT2D eigenvalue weighted by atomic mass is 16.2. The highest BCUT2D eigenvalue weighted by molar-refractivity contribution is 6.01. The third kappa shape index (κ3) is 5.93. The minimum absolute atomic E-state index is 0.00762. The molecule has 3 aliphatic heterocycles. The van der Waals surface area contributed by atoms with Crippen LogP contribution in [0.3, 0.4) is 0 Å². The molecule has 8 rings (SSSR count). The number of fused-ring (bicyclic) bond motifs is 3. The summed E-state index contributed by atoms with van der Waals surface area (Å²) in [6.45, 7) is 6.74. The van der Waals surface area contributed by atoms with Crippen molar-refractivity contribution in [2.24, 2.45) is 5.92 Å². The van der Waals surface area contributed by atoms with Crippen molar-refractivity contribution in [2.75, 3.05) is 55.8 Å². The fourth-order valence-corrected chi connectivity index (χ4v) is 7.28. The number of rotatable bonds is 9. The number of nitrogens with zero attached hydrogens (tertiary/aromatic N) is 8. The second kappa shape index (κ2) is 12.8. The van der Waals surface area contributed by atoms with Crippen LogP contribution < -0.4 is 20.9 Å². The van der Waals surface area contributed by atoms with Gasteiger partial charge < -0.3 is 25.8 Å². The molecule has 50 heavy (non-hydrogen) atoms. The van der Waals surface area contributed by atoms with Crippen molar-refractivity contribution in [1.82, 2.24) is 40.1 Å². The van der Waals surface area contributed by atoms with Crippen LogP contribution in [0, 0.1) is 12.8 Å². The number of likely N-dealkylation sites (tertiary alicyclic amines) is 2. The summed E-state index contributed by atoms with van der Waals surface area (Å²) in [4.78, 5) is 49.3. The van der Waals surface area contributed by atoms with Crippen molar-refractivity contribution in [2.45, 2.75) is 51.7 Å². The van der Waals surface area contributed by atoms with Crippen LogP contribution in [0.1, 0.15) is 69.7 Å². The predicted molar refractivity (Wildman–Crippen MR) is 188 cm³/mol. The Morgan fingerprint density at radius 1 is 1.00 bits per heavy atom. The second-order valence-electron chi connectivity index (χ2n) is 13.8. The first kappa shape index (κ1) is 31.9. The first-order valence-corrected chi connectivity index (χ1v) is 17.3. The maximum absolute atomic E-state index is 12.9. The molecule has 4 aliphatic rings. The van der Waals surface area contributed by atoms with Crippen molar-refractivity contribution in [1.29, 1.82) is 0 Å². The zero-order valence-corrected chi connectivity index (χ0v) is 28.6. The number of aryl methyl sites for hydroxylation is 1. The first-order chi connectivity index (χ1) is 24.3. The number of anilines is 4. The number of amides is 3. The van der Waals surface area contributed by atoms with E-state index in [2.05, 4.69) is 60.7 Å². The Morgan fingerprint density at radius 2 is 1.80 bits per heavy atom. The van der Waals surface area contributed by atoms with E-state index in [1.54, 1.807) is 13.1 Å². The molecule has 258 valence electrons. The van der Waals surface area contributed by atoms with Crippen molar-refractivity contribution < 1.29 is 14.4 Å². The average molecular weight is 676 g/mol. The van der Waals surface area contributed by atoms with E-state index in [9.17, 15) is 14.4 Å². The van der Waals surface area contributed by atoms with Crippen molar-refractivity contribution in [3.8, 4) is 11.1 Å². The average Bonchev–Trinajstić information content (AvgIpc) is 3.66. The molecule has 2 saturated heterocycles. The summed E-state index contributed by atoms with van der Waals surface area (Å²) in [7, 11) is 3.61. The Bertz CT molecular complexity index is 1990. The van der Waals surface area contributed by atoms with Gasteiger partial charge in [-0.25, -0.2) is 4.98 Å². The van der Waals surface area contributed by atoms with Crippen molar-refractivity contribution in [3.63, 3.8) is 0 Å². The van der Waals surface area contributed by atoms with Gasteiger partial charge in [-0.3, -0.25) is 24.0 Å². The fraction of sp³-hybridized carbons (Fsp3) is 0.417. The Labute approximate surface area is 290 Å². The van der Waals surface area contributed by atoms with Gasteiger partial charge in [0, 0.05) is 69.9 Å². The Kier molecular flexibility index (Phi) is 8.17. The molecule has 3 aromatic heterocycles. The number of benzene rings is 1. The van der Waals surface area contributed by atoms with Gasteiger partial charge in [0.2, 0.25) is 5.91 Å². The molecule has 14 heteroatoms. The third-order valence-corrected chi connectivity index (χ3v) is 10.1. The van der Waals surface area contributed by atoms with E-state index in [1.807, 2.05) is 35.4 Å². The van der Waals surface area contributed by atoms with Crippen molar-refractivity contribution >= 4 is 40.6 Å². The summed E-state index contributed by atoms with van der Waals surface area (Å²) in [6, 6.07) is 11.7. The largest absolute Gasteiger partial charge is 0.366 e. The smallest absolute Gasteiger partial charge is 0.273 e. The maximum Gasteiger partial charge on any atom is 0.273 e. The minimum Gasteiger partial charge on any atom is -0.366 e. The lowest BCUT2D eigenvalue weighted by Gasteiger charge is -2.41. The van der Waals surface area contributed by atoms with Gasteiger partial charge in [0.15, 0.2) is 11.5 Å². The molecule has 14 nitrogen and oxygen atoms in total. The van der Waals surface area contributed by atoms with Gasteiger partial charge in [-0.05, 0) is 56.4 Å². The molecule has 6 heterocycles. The van der Waals surface area contributed by atoms with E-state index in [4.69, 9.17) is 10.1 Å². The van der Waals surface area contributed by atoms with E-state index in [1.165, 1.54) is 0 Å². The number of pyridine rings is 1. The Hall–Kier alpha value is -5.37. The number of nitrogens with one attached hydrogen (secondary N) is 3. The molecule has 1 aromatic carbocycles. The highest BCUT2D eigenvalue weighted by Gasteiger charge is 2.35. The van der Waals surface area contributed by atoms with Crippen LogP contribution in [0.5, 0.6) is 0 Å². The highest BCUT2D eigenvalue weighted by Crippen LogP contribution is 2.46. The second-order valence-corrected chi connectivity index (χ2v) is 13.8. The fourth-order valence-electron chi connectivity index (χ4n) is 7.28. The quantitative estimate of drug-likeness (QED) is 0.239. The molecule has 1 aliphatic carbocycles. The number of hydrogen-bond acceptors (Lipinski definition) is 10. The molecular formula is C36H41N11O3. The lowest BCUT2D eigenvalue weighted by Crippen LogP contribution is -2.48. The molecule has 3 amide bonds. The van der Waals surface area contributed by atoms with Crippen LogP contribution in [-0.2, 0) is 17.9 Å². The van der Waals surface area contributed by atoms with Gasteiger partial charge in [0.25, 0.3) is 11.8 Å². The van der Waals surface area contributed by atoms with Gasteiger partial charge in [0.05, 0.1) is 47.2 Å². The molecule has 3 N–H and O–H groups in total. The molecule has 1 saturated carbocycles. The summed E-state index contributed by atoms with van der Waals surface area (Å²) in [5.41, 5.74) is 8.24. The van der Waals surface area contributed by atoms with Gasteiger partial charge in [-0.15, -0.1) is 10.2 Å². The monoisotopic (exact) mass is 675 g/mol. The first-order valence-electron chi connectivity index (χ1n) is 17.3. The van der Waals surface area contributed by atoms with Crippen LogP contribution in [0.2, 0.25) is 0 Å². The zero-order chi connectivity index (χ0) is 34.5. The lowest BCUT2D eigenvalue weighted by atomic mass is 9.93. The summed E-state index contributed by atoms with van der Waals surface area (Å²) < 4.78 is 2.16. The van der Waals surface area contributed by atoms with Crippen LogP contribution in [0.25, 0.3) is 11.1 Å². The summed E-state index contributed by atoms with van der Waals surface area (Å²) in [5, 5.41) is 22.1. The van der Waals surface area contributed by atoms with Gasteiger partial charge >= 0.3 is 0 Å². The number of carbonyl (C=O) groups is 3. The predicted octanol–water partition coefficient (Wildman–Crippen LogP) is 3.74. The van der Waals surface area contributed by atoms with E-state index >= 15 is 0 Å². The molecule has 0 atom stereocenters. The van der Waals surface area contributed by atoms with Crippen LogP contribution >= 0.6 is 0 Å². The molecule has 0 unspecified atom stereocenters. The molecule has 0 bridgehead atoms.